The number of carbonyl (C=O) groups is 1. The van der Waals surface area contributed by atoms with E-state index in [4.69, 9.17) is 34.2 Å². The van der Waals surface area contributed by atoms with Crippen LogP contribution in [0.15, 0.2) is 35.0 Å². The zero-order valence-electron chi connectivity index (χ0n) is 12.4. The van der Waals surface area contributed by atoms with Gasteiger partial charge in [-0.25, -0.2) is 0 Å². The van der Waals surface area contributed by atoms with Crippen LogP contribution in [-0.4, -0.2) is 32.8 Å². The molecule has 0 saturated heterocycles. The first-order chi connectivity index (χ1) is 11.4. The summed E-state index contributed by atoms with van der Waals surface area (Å²) in [5.74, 6) is 1.05. The molecule has 0 aliphatic heterocycles. The molecule has 3 heterocycles. The highest BCUT2D eigenvalue weighted by Gasteiger charge is 2.02. The van der Waals surface area contributed by atoms with Gasteiger partial charge < -0.3 is 17.2 Å². The smallest absolute Gasteiger partial charge is 0.262 e. The number of nitrogens with zero attached hydrogens (tertiary/aromatic N) is 2. The average Bonchev–Trinajstić information content (AvgIpc) is 3.30. The van der Waals surface area contributed by atoms with Gasteiger partial charge in [-0.2, -0.15) is 4.98 Å². The van der Waals surface area contributed by atoms with Gasteiger partial charge in [-0.3, -0.25) is 15.3 Å². The summed E-state index contributed by atoms with van der Waals surface area (Å²) in [6.45, 7) is 0.167. The monoisotopic (exact) mass is 401 g/mol. The lowest BCUT2D eigenvalue weighted by Crippen LogP contribution is -2.20. The Balaban J connectivity index is 0.000000367. The molecule has 0 spiro atoms. The Hall–Kier alpha value is -2.27. The maximum absolute atomic E-state index is 10.3. The number of hydrogen-bond donors (Lipinski definition) is 5. The molecule has 0 atom stereocenters. The fourth-order valence-corrected chi connectivity index (χ4v) is 2.60. The SMILES string of the molecule is C.N=C(N)CN.Nc1n[nH]c(-c2cccs2)n1.O=C(Cl)c1cccs1. The lowest BCUT2D eigenvalue weighted by Gasteiger charge is -1.83. The highest BCUT2D eigenvalue weighted by atomic mass is 35.5. The van der Waals surface area contributed by atoms with Crippen molar-refractivity contribution >= 4 is 51.3 Å². The largest absolute Gasteiger partial charge is 0.387 e. The van der Waals surface area contributed by atoms with Crippen LogP contribution < -0.4 is 17.2 Å². The van der Waals surface area contributed by atoms with E-state index in [1.807, 2.05) is 22.9 Å². The first kappa shape index (κ1) is 22.7. The molecule has 8 nitrogen and oxygen atoms in total. The molecule has 0 aliphatic rings. The summed E-state index contributed by atoms with van der Waals surface area (Å²) in [7, 11) is 0. The predicted octanol–water partition coefficient (Wildman–Crippen LogP) is 2.76. The Kier molecular flexibility index (Phi) is 11.0. The van der Waals surface area contributed by atoms with Gasteiger partial charge in [-0.05, 0) is 34.5 Å². The molecule has 0 amide bonds. The summed E-state index contributed by atoms with van der Waals surface area (Å²) in [4.78, 5) is 15.9. The third kappa shape index (κ3) is 8.96. The van der Waals surface area contributed by atoms with Gasteiger partial charge in [-0.15, -0.1) is 27.8 Å². The molecule has 3 aromatic rings. The molecule has 0 fully saturated rings. The summed E-state index contributed by atoms with van der Waals surface area (Å²) < 4.78 is 0. The van der Waals surface area contributed by atoms with Crippen molar-refractivity contribution in [3.05, 3.63) is 39.9 Å². The minimum atomic E-state index is -0.375. The number of aromatic amines is 1. The molecule has 136 valence electrons. The normalized spacial score (nSPS) is 8.88. The van der Waals surface area contributed by atoms with E-state index in [1.165, 1.54) is 11.3 Å². The van der Waals surface area contributed by atoms with Crippen molar-refractivity contribution in [3.8, 4) is 10.7 Å². The highest BCUT2D eigenvalue weighted by Crippen LogP contribution is 2.20. The van der Waals surface area contributed by atoms with Crippen molar-refractivity contribution in [1.29, 1.82) is 5.41 Å². The quantitative estimate of drug-likeness (QED) is 0.257. The predicted molar refractivity (Wildman–Crippen MR) is 106 cm³/mol. The Morgan fingerprint density at radius 3 is 2.20 bits per heavy atom. The van der Waals surface area contributed by atoms with Gasteiger partial charge in [0.15, 0.2) is 5.82 Å². The summed E-state index contributed by atoms with van der Waals surface area (Å²) >= 11 is 8.07. The lowest BCUT2D eigenvalue weighted by atomic mass is 10.4. The zero-order chi connectivity index (χ0) is 17.9. The molecular formula is C14H20ClN7OS2. The number of carbonyl (C=O) groups excluding carboxylic acids is 1. The topological polar surface area (TPSA) is 161 Å². The van der Waals surface area contributed by atoms with Gasteiger partial charge in [0.2, 0.25) is 5.95 Å². The van der Waals surface area contributed by atoms with Gasteiger partial charge in [0.1, 0.15) is 5.84 Å². The number of amidine groups is 1. The molecular weight excluding hydrogens is 382 g/mol. The minimum Gasteiger partial charge on any atom is -0.387 e. The number of thiophene rings is 2. The molecule has 0 aliphatic carbocycles. The molecule has 0 bridgehead atoms. The Labute approximate surface area is 158 Å². The van der Waals surface area contributed by atoms with Crippen LogP contribution in [0.5, 0.6) is 0 Å². The summed E-state index contributed by atoms with van der Waals surface area (Å²) in [6.07, 6.45) is 0. The first-order valence-corrected chi connectivity index (χ1v) is 8.55. The van der Waals surface area contributed by atoms with Crippen LogP contribution in [0.4, 0.5) is 5.95 Å². The van der Waals surface area contributed by atoms with E-state index >= 15 is 0 Å². The number of hydrogen-bond acceptors (Lipinski definition) is 8. The van der Waals surface area contributed by atoms with E-state index in [1.54, 1.807) is 23.5 Å². The van der Waals surface area contributed by atoms with Crippen molar-refractivity contribution in [2.75, 3.05) is 12.3 Å². The van der Waals surface area contributed by atoms with Gasteiger partial charge in [-0.1, -0.05) is 19.6 Å². The first-order valence-electron chi connectivity index (χ1n) is 6.42. The number of nitrogens with two attached hydrogens (primary N) is 3. The Morgan fingerprint density at radius 1 is 1.28 bits per heavy atom. The second-order valence-corrected chi connectivity index (χ2v) is 6.24. The van der Waals surface area contributed by atoms with E-state index in [9.17, 15) is 4.79 Å². The number of halogens is 1. The molecule has 0 radical (unpaired) electrons. The summed E-state index contributed by atoms with van der Waals surface area (Å²) in [5.41, 5.74) is 14.9. The van der Waals surface area contributed by atoms with Crippen molar-refractivity contribution in [3.63, 3.8) is 0 Å². The number of nitrogen functional groups attached to an aromatic ring is 1. The summed E-state index contributed by atoms with van der Waals surface area (Å²) in [5, 5.41) is 16.3. The second kappa shape index (κ2) is 12.1. The number of nitrogens with one attached hydrogen (secondary N) is 2. The number of H-pyrrole nitrogens is 1. The third-order valence-corrected chi connectivity index (χ3v) is 4.25. The van der Waals surface area contributed by atoms with Gasteiger partial charge in [0.05, 0.1) is 16.3 Å². The van der Waals surface area contributed by atoms with Crippen molar-refractivity contribution in [2.45, 2.75) is 7.43 Å². The second-order valence-electron chi connectivity index (χ2n) is 4.00. The fraction of sp³-hybridized carbons (Fsp3) is 0.143. The summed E-state index contributed by atoms with van der Waals surface area (Å²) in [6, 6.07) is 7.41. The standard InChI is InChI=1S/C6H6N4S.C5H3ClOS.C2H7N3.CH4/c7-6-8-5(9-10-6)4-2-1-3-11-4;6-5(7)4-2-1-3-8-4;3-1-2(4)5;/h1-3H,(H3,7,8,9,10);1-3H;1,3H2,(H3,4,5);1H4. The van der Waals surface area contributed by atoms with Gasteiger partial charge >= 0.3 is 0 Å². The zero-order valence-corrected chi connectivity index (χ0v) is 14.8. The van der Waals surface area contributed by atoms with E-state index in [0.29, 0.717) is 4.88 Å². The molecule has 25 heavy (non-hydrogen) atoms. The van der Waals surface area contributed by atoms with Crippen LogP contribution in [0.25, 0.3) is 10.7 Å². The van der Waals surface area contributed by atoms with Gasteiger partial charge in [0.25, 0.3) is 5.24 Å². The van der Waals surface area contributed by atoms with Crippen LogP contribution in [0.3, 0.4) is 0 Å². The molecule has 11 heteroatoms. The van der Waals surface area contributed by atoms with Crippen molar-refractivity contribution in [1.82, 2.24) is 15.2 Å². The lowest BCUT2D eigenvalue weighted by molar-refractivity contribution is 0.108. The van der Waals surface area contributed by atoms with Crippen LogP contribution in [0.2, 0.25) is 0 Å². The van der Waals surface area contributed by atoms with Crippen molar-refractivity contribution in [2.24, 2.45) is 11.5 Å². The number of rotatable bonds is 3. The van der Waals surface area contributed by atoms with Crippen LogP contribution in [-0.2, 0) is 0 Å². The molecule has 0 saturated carbocycles. The molecule has 8 N–H and O–H groups in total. The molecule has 0 aromatic carbocycles. The maximum Gasteiger partial charge on any atom is 0.262 e. The third-order valence-electron chi connectivity index (χ3n) is 2.19. The minimum absolute atomic E-state index is 0. The van der Waals surface area contributed by atoms with E-state index in [0.717, 1.165) is 10.7 Å². The van der Waals surface area contributed by atoms with Crippen LogP contribution in [0.1, 0.15) is 17.1 Å². The van der Waals surface area contributed by atoms with Crippen LogP contribution in [0, 0.1) is 5.41 Å². The van der Waals surface area contributed by atoms with E-state index in [-0.39, 0.29) is 31.0 Å². The molecule has 3 rings (SSSR count). The molecule has 0 unspecified atom stereocenters. The maximum atomic E-state index is 10.3. The highest BCUT2D eigenvalue weighted by molar-refractivity contribution is 7.14. The van der Waals surface area contributed by atoms with Gasteiger partial charge in [0, 0.05) is 0 Å². The molecule has 3 aromatic heterocycles. The average molecular weight is 402 g/mol. The van der Waals surface area contributed by atoms with Crippen molar-refractivity contribution < 1.29 is 4.79 Å². The Bertz CT molecular complexity index is 741. The van der Waals surface area contributed by atoms with E-state index < -0.39 is 0 Å². The fourth-order valence-electron chi connectivity index (χ4n) is 1.19. The Morgan fingerprint density at radius 2 is 1.88 bits per heavy atom. The number of aromatic nitrogens is 3. The van der Waals surface area contributed by atoms with E-state index in [2.05, 4.69) is 15.2 Å². The number of anilines is 1. The van der Waals surface area contributed by atoms with Crippen LogP contribution >= 0.6 is 34.3 Å².